The van der Waals surface area contributed by atoms with Gasteiger partial charge in [-0.2, -0.15) is 4.98 Å². The van der Waals surface area contributed by atoms with Crippen LogP contribution in [-0.4, -0.2) is 11.6 Å². The Balaban J connectivity index is 2.46. The molecule has 0 aliphatic carbocycles. The molecule has 0 saturated carbocycles. The number of hydrogen-bond acceptors (Lipinski definition) is 4. The Kier molecular flexibility index (Phi) is 4.05. The van der Waals surface area contributed by atoms with Gasteiger partial charge in [0.05, 0.1) is 6.61 Å². The number of aromatic nitrogens is 1. The predicted molar refractivity (Wildman–Crippen MR) is 52.5 cm³/mol. The van der Waals surface area contributed by atoms with Crippen LogP contribution in [0, 0.1) is 0 Å². The molecule has 0 aliphatic rings. The van der Waals surface area contributed by atoms with Crippen LogP contribution in [0.3, 0.4) is 0 Å². The van der Waals surface area contributed by atoms with Crippen molar-refractivity contribution in [1.82, 2.24) is 4.98 Å². The van der Waals surface area contributed by atoms with Gasteiger partial charge in [-0.1, -0.05) is 19.4 Å². The van der Waals surface area contributed by atoms with Gasteiger partial charge in [0.25, 0.3) is 0 Å². The summed E-state index contributed by atoms with van der Waals surface area (Å²) in [5.74, 6) is 6.44. The molecule has 1 aromatic heterocycles. The second-order valence-corrected chi connectivity index (χ2v) is 2.71. The number of unbranched alkanes of at least 4 members (excludes halogenated alkanes) is 1. The van der Waals surface area contributed by atoms with Crippen LogP contribution in [0.15, 0.2) is 18.2 Å². The number of nitrogens with zero attached hydrogens (tertiary/aromatic N) is 1. The van der Waals surface area contributed by atoms with E-state index in [2.05, 4.69) is 17.3 Å². The predicted octanol–water partition coefficient (Wildman–Crippen LogP) is 1.55. The fourth-order valence-corrected chi connectivity index (χ4v) is 0.897. The average molecular weight is 181 g/mol. The van der Waals surface area contributed by atoms with E-state index in [9.17, 15) is 0 Å². The van der Waals surface area contributed by atoms with Crippen LogP contribution in [0.4, 0.5) is 5.82 Å². The standard InChI is InChI=1S/C9H15N3O/c1-2-3-7-13-9-6-4-5-8(11-9)12-10/h4-6H,2-3,7,10H2,1H3,(H,11,12). The van der Waals surface area contributed by atoms with Gasteiger partial charge in [-0.25, -0.2) is 5.84 Å². The Morgan fingerprint density at radius 2 is 2.38 bits per heavy atom. The number of anilines is 1. The Labute approximate surface area is 78.1 Å². The van der Waals surface area contributed by atoms with Crippen molar-refractivity contribution in [2.45, 2.75) is 19.8 Å². The van der Waals surface area contributed by atoms with Crippen molar-refractivity contribution in [3.63, 3.8) is 0 Å². The number of hydrazine groups is 1. The molecule has 1 heterocycles. The van der Waals surface area contributed by atoms with E-state index in [-0.39, 0.29) is 0 Å². The first-order valence-corrected chi connectivity index (χ1v) is 4.43. The van der Waals surface area contributed by atoms with E-state index in [0.29, 0.717) is 18.3 Å². The highest BCUT2D eigenvalue weighted by atomic mass is 16.5. The zero-order valence-electron chi connectivity index (χ0n) is 7.79. The number of nitrogens with one attached hydrogen (secondary N) is 1. The lowest BCUT2D eigenvalue weighted by Gasteiger charge is -2.05. The van der Waals surface area contributed by atoms with Crippen LogP contribution >= 0.6 is 0 Å². The third-order valence-electron chi connectivity index (χ3n) is 1.62. The minimum Gasteiger partial charge on any atom is -0.478 e. The van der Waals surface area contributed by atoms with Gasteiger partial charge in [0.15, 0.2) is 0 Å². The summed E-state index contributed by atoms with van der Waals surface area (Å²) in [5, 5.41) is 0. The van der Waals surface area contributed by atoms with Crippen molar-refractivity contribution in [1.29, 1.82) is 0 Å². The lowest BCUT2D eigenvalue weighted by Crippen LogP contribution is -2.09. The lowest BCUT2D eigenvalue weighted by molar-refractivity contribution is 0.298. The van der Waals surface area contributed by atoms with E-state index in [1.807, 2.05) is 12.1 Å². The van der Waals surface area contributed by atoms with E-state index >= 15 is 0 Å². The maximum Gasteiger partial charge on any atom is 0.215 e. The minimum absolute atomic E-state index is 0.615. The van der Waals surface area contributed by atoms with Crippen molar-refractivity contribution in [2.75, 3.05) is 12.0 Å². The molecule has 4 nitrogen and oxygen atoms in total. The smallest absolute Gasteiger partial charge is 0.215 e. The van der Waals surface area contributed by atoms with Crippen molar-refractivity contribution in [3.05, 3.63) is 18.2 Å². The van der Waals surface area contributed by atoms with E-state index in [1.165, 1.54) is 0 Å². The molecule has 0 amide bonds. The van der Waals surface area contributed by atoms with Crippen LogP contribution in [0.25, 0.3) is 0 Å². The number of nitrogens with two attached hydrogens (primary N) is 1. The number of hydrogen-bond donors (Lipinski definition) is 2. The highest BCUT2D eigenvalue weighted by Crippen LogP contribution is 2.10. The summed E-state index contributed by atoms with van der Waals surface area (Å²) in [7, 11) is 0. The summed E-state index contributed by atoms with van der Waals surface area (Å²) in [5.41, 5.74) is 2.47. The van der Waals surface area contributed by atoms with E-state index < -0.39 is 0 Å². The van der Waals surface area contributed by atoms with Crippen LogP contribution < -0.4 is 16.0 Å². The van der Waals surface area contributed by atoms with Crippen molar-refractivity contribution >= 4 is 5.82 Å². The van der Waals surface area contributed by atoms with Crippen LogP contribution in [0.5, 0.6) is 5.88 Å². The summed E-state index contributed by atoms with van der Waals surface area (Å²) in [6.07, 6.45) is 2.16. The largest absolute Gasteiger partial charge is 0.478 e. The molecule has 0 bridgehead atoms. The molecule has 0 spiro atoms. The first-order valence-electron chi connectivity index (χ1n) is 4.43. The summed E-state index contributed by atoms with van der Waals surface area (Å²) in [6.45, 7) is 2.83. The first-order chi connectivity index (χ1) is 6.36. The van der Waals surface area contributed by atoms with Crippen molar-refractivity contribution in [3.8, 4) is 5.88 Å². The molecule has 1 aromatic rings. The fraction of sp³-hybridized carbons (Fsp3) is 0.444. The Bertz CT molecular complexity index is 252. The van der Waals surface area contributed by atoms with E-state index in [0.717, 1.165) is 12.8 Å². The van der Waals surface area contributed by atoms with Crippen molar-refractivity contribution < 1.29 is 4.74 Å². The average Bonchev–Trinajstić information content (AvgIpc) is 2.19. The molecular formula is C9H15N3O. The maximum atomic E-state index is 5.38. The van der Waals surface area contributed by atoms with Gasteiger partial charge in [-0.3, -0.25) is 0 Å². The number of rotatable bonds is 5. The normalized spacial score (nSPS) is 9.69. The summed E-state index contributed by atoms with van der Waals surface area (Å²) in [6, 6.07) is 5.45. The van der Waals surface area contributed by atoms with Crippen LogP contribution in [-0.2, 0) is 0 Å². The molecule has 0 unspecified atom stereocenters. The highest BCUT2D eigenvalue weighted by molar-refractivity contribution is 5.35. The molecule has 72 valence electrons. The molecule has 0 saturated heterocycles. The Morgan fingerprint density at radius 3 is 3.08 bits per heavy atom. The molecule has 1 rings (SSSR count). The second kappa shape index (κ2) is 5.37. The molecule has 4 heteroatoms. The molecule has 13 heavy (non-hydrogen) atoms. The van der Waals surface area contributed by atoms with Crippen LogP contribution in [0.2, 0.25) is 0 Å². The number of nitrogen functional groups attached to an aromatic ring is 1. The monoisotopic (exact) mass is 181 g/mol. The van der Waals surface area contributed by atoms with Gasteiger partial charge in [0.1, 0.15) is 5.82 Å². The van der Waals surface area contributed by atoms with Crippen molar-refractivity contribution in [2.24, 2.45) is 5.84 Å². The van der Waals surface area contributed by atoms with E-state index in [4.69, 9.17) is 10.6 Å². The van der Waals surface area contributed by atoms with Gasteiger partial charge in [0, 0.05) is 6.07 Å². The first kappa shape index (κ1) is 9.80. The second-order valence-electron chi connectivity index (χ2n) is 2.71. The van der Waals surface area contributed by atoms with Gasteiger partial charge < -0.3 is 10.2 Å². The van der Waals surface area contributed by atoms with Gasteiger partial charge >= 0.3 is 0 Å². The zero-order valence-corrected chi connectivity index (χ0v) is 7.79. The van der Waals surface area contributed by atoms with Crippen LogP contribution in [0.1, 0.15) is 19.8 Å². The highest BCUT2D eigenvalue weighted by Gasteiger charge is 1.95. The molecular weight excluding hydrogens is 166 g/mol. The topological polar surface area (TPSA) is 60.2 Å². The minimum atomic E-state index is 0.615. The maximum absolute atomic E-state index is 5.38. The summed E-state index contributed by atoms with van der Waals surface area (Å²) in [4.78, 5) is 4.10. The molecule has 3 N–H and O–H groups in total. The molecule has 0 aromatic carbocycles. The summed E-state index contributed by atoms with van der Waals surface area (Å²) >= 11 is 0. The third-order valence-corrected chi connectivity index (χ3v) is 1.62. The summed E-state index contributed by atoms with van der Waals surface area (Å²) < 4.78 is 5.38. The van der Waals surface area contributed by atoms with Gasteiger partial charge in [-0.15, -0.1) is 0 Å². The Hall–Kier alpha value is -1.29. The van der Waals surface area contributed by atoms with E-state index in [1.54, 1.807) is 6.07 Å². The third kappa shape index (κ3) is 3.29. The lowest BCUT2D eigenvalue weighted by atomic mass is 10.4. The molecule has 0 fully saturated rings. The van der Waals surface area contributed by atoms with Gasteiger partial charge in [-0.05, 0) is 12.5 Å². The molecule has 0 radical (unpaired) electrons. The fourth-order valence-electron chi connectivity index (χ4n) is 0.897. The Morgan fingerprint density at radius 1 is 1.54 bits per heavy atom. The zero-order chi connectivity index (χ0) is 9.52. The SMILES string of the molecule is CCCCOc1cccc(NN)n1. The number of pyridine rings is 1. The molecule has 0 aliphatic heterocycles. The molecule has 0 atom stereocenters. The van der Waals surface area contributed by atoms with Gasteiger partial charge in [0.2, 0.25) is 5.88 Å². The number of ether oxygens (including phenoxy) is 1. The quantitative estimate of drug-likeness (QED) is 0.411.